The van der Waals surface area contributed by atoms with Crippen LogP contribution in [0.1, 0.15) is 62.5 Å². The molecule has 1 aliphatic carbocycles. The lowest BCUT2D eigenvalue weighted by atomic mass is 9.77. The van der Waals surface area contributed by atoms with Crippen LogP contribution in [0.15, 0.2) is 72.8 Å². The van der Waals surface area contributed by atoms with Gasteiger partial charge in [-0.3, -0.25) is 0 Å². The molecule has 4 aromatic rings. The van der Waals surface area contributed by atoms with Crippen LogP contribution in [0.25, 0.3) is 22.3 Å². The van der Waals surface area contributed by atoms with E-state index < -0.39 is 69.3 Å². The van der Waals surface area contributed by atoms with Gasteiger partial charge in [0.05, 0.1) is 0 Å². The molecule has 1 nitrogen and oxygen atoms in total. The van der Waals surface area contributed by atoms with Crippen molar-refractivity contribution in [3.8, 4) is 28.0 Å². The Hall–Kier alpha value is -4.21. The van der Waals surface area contributed by atoms with Crippen LogP contribution < -0.4 is 4.74 Å². The average molecular weight is 649 g/mol. The lowest BCUT2D eigenvalue weighted by Gasteiger charge is -2.28. The third-order valence-corrected chi connectivity index (χ3v) is 8.31. The molecule has 0 radical (unpaired) electrons. The summed E-state index contributed by atoms with van der Waals surface area (Å²) in [6, 6.07) is 8.51. The minimum absolute atomic E-state index is 0.138. The van der Waals surface area contributed by atoms with E-state index in [-0.39, 0.29) is 17.0 Å². The monoisotopic (exact) mass is 648 g/mol. The van der Waals surface area contributed by atoms with Crippen molar-refractivity contribution in [2.45, 2.75) is 57.5 Å². The highest BCUT2D eigenvalue weighted by atomic mass is 19.3. The van der Waals surface area contributed by atoms with Crippen molar-refractivity contribution in [1.82, 2.24) is 0 Å². The van der Waals surface area contributed by atoms with Gasteiger partial charge in [-0.1, -0.05) is 31.2 Å². The number of halogens is 9. The molecule has 4 aromatic carbocycles. The SMILES string of the molecule is CC/C=C\CC1CCC(c2ccc(-c3cc(F)c(C(F)(F)Oc4ccc(-c5cc(F)c(F)c(F)c5)c(F)c4)c(F)c3)c(F)c2)CC1. The number of hydrogen-bond acceptors (Lipinski definition) is 1. The van der Waals surface area contributed by atoms with Crippen molar-refractivity contribution < 1.29 is 44.3 Å². The van der Waals surface area contributed by atoms with Gasteiger partial charge in [-0.15, -0.1) is 0 Å². The van der Waals surface area contributed by atoms with Gasteiger partial charge in [0.2, 0.25) is 0 Å². The molecule has 242 valence electrons. The molecule has 0 aromatic heterocycles. The van der Waals surface area contributed by atoms with Crippen molar-refractivity contribution >= 4 is 0 Å². The Morgan fingerprint density at radius 1 is 0.652 bits per heavy atom. The lowest BCUT2D eigenvalue weighted by molar-refractivity contribution is -0.189. The number of allylic oxidation sites excluding steroid dienone is 2. The van der Waals surface area contributed by atoms with E-state index in [1.165, 1.54) is 12.1 Å². The summed E-state index contributed by atoms with van der Waals surface area (Å²) in [5.41, 5.74) is -2.42. The van der Waals surface area contributed by atoms with E-state index in [0.717, 1.165) is 56.2 Å². The molecular weight excluding hydrogens is 619 g/mol. The fraction of sp³-hybridized carbons (Fsp3) is 0.278. The molecule has 46 heavy (non-hydrogen) atoms. The molecule has 1 saturated carbocycles. The van der Waals surface area contributed by atoms with Crippen LogP contribution in [-0.2, 0) is 6.11 Å². The van der Waals surface area contributed by atoms with Crippen molar-refractivity contribution in [1.29, 1.82) is 0 Å². The number of ether oxygens (including phenoxy) is 1. The summed E-state index contributed by atoms with van der Waals surface area (Å²) < 4.78 is 135. The number of alkyl halides is 2. The van der Waals surface area contributed by atoms with Gasteiger partial charge in [-0.25, -0.2) is 30.7 Å². The van der Waals surface area contributed by atoms with Crippen LogP contribution in [0.3, 0.4) is 0 Å². The van der Waals surface area contributed by atoms with Crippen molar-refractivity contribution in [3.05, 3.63) is 125 Å². The third-order valence-electron chi connectivity index (χ3n) is 8.31. The van der Waals surface area contributed by atoms with E-state index in [1.807, 2.05) is 0 Å². The first-order valence-electron chi connectivity index (χ1n) is 14.8. The van der Waals surface area contributed by atoms with Gasteiger partial charge >= 0.3 is 6.11 Å². The second-order valence-electron chi connectivity index (χ2n) is 11.4. The molecule has 0 aliphatic heterocycles. The molecule has 0 saturated heterocycles. The van der Waals surface area contributed by atoms with Crippen LogP contribution in [0, 0.1) is 46.6 Å². The minimum Gasteiger partial charge on any atom is -0.429 e. The van der Waals surface area contributed by atoms with E-state index in [0.29, 0.717) is 36.2 Å². The minimum atomic E-state index is -4.65. The summed E-state index contributed by atoms with van der Waals surface area (Å²) in [5.74, 6) is -10.6. The highest BCUT2D eigenvalue weighted by Crippen LogP contribution is 2.41. The van der Waals surface area contributed by atoms with E-state index in [1.54, 1.807) is 6.07 Å². The standard InChI is InChI=1S/C36H29F9O/c1-2-3-4-5-20-6-8-21(9-7-20)22-10-12-26(28(37)14-22)23-15-30(39)34(31(40)16-23)36(44,45)46-25-11-13-27(29(38)19-25)24-17-32(41)35(43)33(42)18-24/h3-4,10-21H,2,5-9H2,1H3/b4-3-. The van der Waals surface area contributed by atoms with Crippen LogP contribution in [0.4, 0.5) is 39.5 Å². The zero-order valence-corrected chi connectivity index (χ0v) is 24.6. The van der Waals surface area contributed by atoms with Crippen LogP contribution in [-0.4, -0.2) is 0 Å². The largest absolute Gasteiger partial charge is 0.432 e. The third kappa shape index (κ3) is 7.11. The molecule has 5 rings (SSSR count). The molecule has 0 amide bonds. The molecule has 0 atom stereocenters. The van der Waals surface area contributed by atoms with E-state index >= 15 is 22.0 Å². The first-order valence-corrected chi connectivity index (χ1v) is 14.8. The number of rotatable bonds is 9. The van der Waals surface area contributed by atoms with E-state index in [4.69, 9.17) is 0 Å². The van der Waals surface area contributed by atoms with Gasteiger partial charge in [-0.2, -0.15) is 8.78 Å². The highest BCUT2D eigenvalue weighted by Gasteiger charge is 2.41. The molecule has 10 heteroatoms. The molecule has 0 heterocycles. The van der Waals surface area contributed by atoms with Gasteiger partial charge in [0.1, 0.15) is 34.6 Å². The molecule has 0 bridgehead atoms. The van der Waals surface area contributed by atoms with Crippen molar-refractivity contribution in [2.24, 2.45) is 5.92 Å². The molecule has 1 aliphatic rings. The number of hydrogen-bond donors (Lipinski definition) is 0. The summed E-state index contributed by atoms with van der Waals surface area (Å²) >= 11 is 0. The molecule has 0 unspecified atom stereocenters. The first-order chi connectivity index (χ1) is 21.9. The van der Waals surface area contributed by atoms with Crippen molar-refractivity contribution in [2.75, 3.05) is 0 Å². The Morgan fingerprint density at radius 3 is 1.74 bits per heavy atom. The predicted octanol–water partition coefficient (Wildman–Crippen LogP) is 11.8. The van der Waals surface area contributed by atoms with Crippen molar-refractivity contribution in [3.63, 3.8) is 0 Å². The highest BCUT2D eigenvalue weighted by molar-refractivity contribution is 5.66. The van der Waals surface area contributed by atoms with E-state index in [9.17, 15) is 17.6 Å². The topological polar surface area (TPSA) is 9.23 Å². The molecule has 0 N–H and O–H groups in total. The quantitative estimate of drug-likeness (QED) is 0.0997. The zero-order valence-electron chi connectivity index (χ0n) is 24.6. The summed E-state index contributed by atoms with van der Waals surface area (Å²) in [6.07, 6.45) is 5.44. The Labute approximate surface area is 260 Å². The Bertz CT molecular complexity index is 1710. The van der Waals surface area contributed by atoms with Gasteiger partial charge < -0.3 is 4.74 Å². The Morgan fingerprint density at radius 2 is 1.20 bits per heavy atom. The zero-order chi connectivity index (χ0) is 33.2. The smallest absolute Gasteiger partial charge is 0.429 e. The first kappa shape index (κ1) is 33.2. The second kappa shape index (κ2) is 13.6. The summed E-state index contributed by atoms with van der Waals surface area (Å²) in [5, 5.41) is 0. The fourth-order valence-corrected chi connectivity index (χ4v) is 5.92. The van der Waals surface area contributed by atoms with Crippen LogP contribution >= 0.6 is 0 Å². The maximum atomic E-state index is 15.2. The van der Waals surface area contributed by atoms with Gasteiger partial charge in [0.15, 0.2) is 17.5 Å². The Kier molecular flexibility index (Phi) is 9.84. The van der Waals surface area contributed by atoms with E-state index in [2.05, 4.69) is 23.8 Å². The molecular formula is C36H29F9O. The molecule has 1 fully saturated rings. The lowest BCUT2D eigenvalue weighted by Crippen LogP contribution is -2.25. The number of benzene rings is 4. The van der Waals surface area contributed by atoms with Gasteiger partial charge in [-0.05, 0) is 110 Å². The summed E-state index contributed by atoms with van der Waals surface area (Å²) in [7, 11) is 0. The Balaban J connectivity index is 1.32. The normalized spacial score (nSPS) is 17.1. The second-order valence-corrected chi connectivity index (χ2v) is 11.4. The fourth-order valence-electron chi connectivity index (χ4n) is 5.92. The summed E-state index contributed by atoms with van der Waals surface area (Å²) in [4.78, 5) is 0. The van der Waals surface area contributed by atoms with Crippen LogP contribution in [0.2, 0.25) is 0 Å². The molecule has 0 spiro atoms. The van der Waals surface area contributed by atoms with Gasteiger partial charge in [0.25, 0.3) is 0 Å². The maximum absolute atomic E-state index is 15.2. The summed E-state index contributed by atoms with van der Waals surface area (Å²) in [6.45, 7) is 2.08. The average Bonchev–Trinajstić information content (AvgIpc) is 2.99. The van der Waals surface area contributed by atoms with Gasteiger partial charge in [0, 0.05) is 17.2 Å². The maximum Gasteiger partial charge on any atom is 0.432 e. The predicted molar refractivity (Wildman–Crippen MR) is 157 cm³/mol. The van der Waals surface area contributed by atoms with Crippen LogP contribution in [0.5, 0.6) is 5.75 Å².